The second-order valence-corrected chi connectivity index (χ2v) is 5.90. The van der Waals surface area contributed by atoms with Gasteiger partial charge in [0, 0.05) is 6.07 Å². The molecule has 102 valence electrons. The normalized spacial score (nSPS) is 12.6. The third-order valence-electron chi connectivity index (χ3n) is 2.64. The molecule has 1 nitrogen and oxygen atoms in total. The van der Waals surface area contributed by atoms with Crippen molar-refractivity contribution in [3.8, 4) is 5.75 Å². The zero-order valence-corrected chi connectivity index (χ0v) is 13.4. The molecule has 1 unspecified atom stereocenters. The molecule has 1 aromatic carbocycles. The van der Waals surface area contributed by atoms with Crippen LogP contribution in [-0.4, -0.2) is 6.61 Å². The standard InChI is InChI=1S/C13H16Cl4O/c1-3-4-5-8(2)7-18-10-6-9(14)11(15)13(17)12(10)16/h6,8H,3-5,7H2,1-2H3. The van der Waals surface area contributed by atoms with Gasteiger partial charge in [0.15, 0.2) is 0 Å². The number of halogens is 4. The molecule has 1 atom stereocenters. The Morgan fingerprint density at radius 2 is 1.78 bits per heavy atom. The van der Waals surface area contributed by atoms with Crippen molar-refractivity contribution < 1.29 is 4.74 Å². The summed E-state index contributed by atoms with van der Waals surface area (Å²) in [6.45, 7) is 4.90. The van der Waals surface area contributed by atoms with E-state index in [9.17, 15) is 0 Å². The minimum absolute atomic E-state index is 0.238. The van der Waals surface area contributed by atoms with Crippen molar-refractivity contribution in [2.45, 2.75) is 33.1 Å². The van der Waals surface area contributed by atoms with Crippen molar-refractivity contribution in [1.29, 1.82) is 0 Å². The number of ether oxygens (including phenoxy) is 1. The van der Waals surface area contributed by atoms with E-state index < -0.39 is 0 Å². The molecular formula is C13H16Cl4O. The first kappa shape index (κ1) is 16.2. The summed E-state index contributed by atoms with van der Waals surface area (Å²) in [7, 11) is 0. The number of hydrogen-bond donors (Lipinski definition) is 0. The monoisotopic (exact) mass is 328 g/mol. The average molecular weight is 330 g/mol. The lowest BCUT2D eigenvalue weighted by Gasteiger charge is -2.15. The first-order chi connectivity index (χ1) is 8.47. The van der Waals surface area contributed by atoms with Crippen LogP contribution in [0, 0.1) is 5.92 Å². The molecule has 0 saturated carbocycles. The molecule has 0 aliphatic rings. The highest BCUT2D eigenvalue weighted by Crippen LogP contribution is 2.42. The van der Waals surface area contributed by atoms with Crippen LogP contribution in [0.4, 0.5) is 0 Å². The maximum atomic E-state index is 6.06. The van der Waals surface area contributed by atoms with Crippen LogP contribution in [0.5, 0.6) is 5.75 Å². The molecule has 0 radical (unpaired) electrons. The van der Waals surface area contributed by atoms with E-state index in [1.54, 1.807) is 6.07 Å². The topological polar surface area (TPSA) is 9.23 Å². The summed E-state index contributed by atoms with van der Waals surface area (Å²) in [6.07, 6.45) is 3.51. The summed E-state index contributed by atoms with van der Waals surface area (Å²) >= 11 is 23.8. The Hall–Kier alpha value is 0.180. The van der Waals surface area contributed by atoms with E-state index in [1.807, 2.05) is 0 Å². The minimum Gasteiger partial charge on any atom is -0.492 e. The number of rotatable bonds is 6. The second-order valence-electron chi connectivity index (χ2n) is 4.36. The van der Waals surface area contributed by atoms with E-state index in [1.165, 1.54) is 12.8 Å². The Balaban J connectivity index is 2.68. The van der Waals surface area contributed by atoms with E-state index in [4.69, 9.17) is 51.1 Å². The zero-order valence-electron chi connectivity index (χ0n) is 10.4. The summed E-state index contributed by atoms with van der Waals surface area (Å²) in [5, 5.41) is 1.16. The SMILES string of the molecule is CCCCC(C)COc1cc(Cl)c(Cl)c(Cl)c1Cl. The molecule has 0 bridgehead atoms. The summed E-state index contributed by atoms with van der Waals surface area (Å²) in [5.41, 5.74) is 0. The fourth-order valence-electron chi connectivity index (χ4n) is 1.52. The van der Waals surface area contributed by atoms with Gasteiger partial charge < -0.3 is 4.74 Å². The van der Waals surface area contributed by atoms with E-state index in [0.29, 0.717) is 28.3 Å². The van der Waals surface area contributed by atoms with Crippen molar-refractivity contribution in [2.24, 2.45) is 5.92 Å². The third kappa shape index (κ3) is 4.38. The molecule has 0 N–H and O–H groups in total. The molecular weight excluding hydrogens is 314 g/mol. The maximum absolute atomic E-state index is 6.06. The molecule has 0 aliphatic carbocycles. The summed E-state index contributed by atoms with van der Waals surface area (Å²) in [5.74, 6) is 0.952. The van der Waals surface area contributed by atoms with Gasteiger partial charge in [-0.15, -0.1) is 0 Å². The van der Waals surface area contributed by atoms with Crippen molar-refractivity contribution in [2.75, 3.05) is 6.61 Å². The van der Waals surface area contributed by atoms with Crippen LogP contribution in [0.15, 0.2) is 6.07 Å². The predicted octanol–water partition coefficient (Wildman–Crippen LogP) is 6.51. The highest BCUT2D eigenvalue weighted by atomic mass is 35.5. The lowest BCUT2D eigenvalue weighted by molar-refractivity contribution is 0.250. The van der Waals surface area contributed by atoms with Crippen LogP contribution in [0.25, 0.3) is 0 Å². The molecule has 0 heterocycles. The van der Waals surface area contributed by atoms with E-state index in [-0.39, 0.29) is 10.0 Å². The summed E-state index contributed by atoms with van der Waals surface area (Å²) in [6, 6.07) is 1.60. The van der Waals surface area contributed by atoms with Crippen LogP contribution in [0.1, 0.15) is 33.1 Å². The summed E-state index contributed by atoms with van der Waals surface area (Å²) < 4.78 is 5.65. The fourth-order valence-corrected chi connectivity index (χ4v) is 2.36. The van der Waals surface area contributed by atoms with Crippen molar-refractivity contribution >= 4 is 46.4 Å². The van der Waals surface area contributed by atoms with Gasteiger partial charge in [0.1, 0.15) is 10.8 Å². The van der Waals surface area contributed by atoms with Crippen LogP contribution < -0.4 is 4.74 Å². The van der Waals surface area contributed by atoms with Gasteiger partial charge in [-0.25, -0.2) is 0 Å². The molecule has 0 fully saturated rings. The lowest BCUT2D eigenvalue weighted by atomic mass is 10.1. The minimum atomic E-state index is 0.238. The molecule has 1 rings (SSSR count). The Bertz CT molecular complexity index is 406. The van der Waals surface area contributed by atoms with Crippen LogP contribution in [0.3, 0.4) is 0 Å². The van der Waals surface area contributed by atoms with Crippen LogP contribution in [0.2, 0.25) is 20.1 Å². The smallest absolute Gasteiger partial charge is 0.141 e. The van der Waals surface area contributed by atoms with Gasteiger partial charge in [-0.1, -0.05) is 73.1 Å². The largest absolute Gasteiger partial charge is 0.492 e. The van der Waals surface area contributed by atoms with E-state index >= 15 is 0 Å². The number of benzene rings is 1. The molecule has 5 heteroatoms. The molecule has 0 aromatic heterocycles. The number of unbranched alkanes of at least 4 members (excludes halogenated alkanes) is 1. The Morgan fingerprint density at radius 1 is 1.11 bits per heavy atom. The van der Waals surface area contributed by atoms with Crippen molar-refractivity contribution in [3.05, 3.63) is 26.2 Å². The molecule has 0 saturated heterocycles. The Morgan fingerprint density at radius 3 is 2.39 bits per heavy atom. The van der Waals surface area contributed by atoms with E-state index in [2.05, 4.69) is 13.8 Å². The van der Waals surface area contributed by atoms with Crippen LogP contribution >= 0.6 is 46.4 Å². The molecule has 0 aliphatic heterocycles. The Kier molecular flexibility index (Phi) is 6.94. The van der Waals surface area contributed by atoms with Gasteiger partial charge in [0.2, 0.25) is 0 Å². The maximum Gasteiger partial charge on any atom is 0.141 e. The van der Waals surface area contributed by atoms with Crippen molar-refractivity contribution in [3.63, 3.8) is 0 Å². The van der Waals surface area contributed by atoms with Gasteiger partial charge in [-0.3, -0.25) is 0 Å². The van der Waals surface area contributed by atoms with Gasteiger partial charge in [-0.2, -0.15) is 0 Å². The van der Waals surface area contributed by atoms with Gasteiger partial charge in [0.25, 0.3) is 0 Å². The quantitative estimate of drug-likeness (QED) is 0.427. The first-order valence-electron chi connectivity index (χ1n) is 5.93. The fraction of sp³-hybridized carbons (Fsp3) is 0.538. The van der Waals surface area contributed by atoms with Crippen molar-refractivity contribution in [1.82, 2.24) is 0 Å². The third-order valence-corrected chi connectivity index (χ3v) is 4.38. The lowest BCUT2D eigenvalue weighted by Crippen LogP contribution is -2.08. The first-order valence-corrected chi connectivity index (χ1v) is 7.44. The molecule has 0 amide bonds. The van der Waals surface area contributed by atoms with Crippen LogP contribution in [-0.2, 0) is 0 Å². The molecule has 18 heavy (non-hydrogen) atoms. The second kappa shape index (κ2) is 7.69. The molecule has 0 spiro atoms. The number of hydrogen-bond acceptors (Lipinski definition) is 1. The van der Waals surface area contributed by atoms with Gasteiger partial charge in [0.05, 0.1) is 21.7 Å². The summed E-state index contributed by atoms with van der Waals surface area (Å²) in [4.78, 5) is 0. The highest BCUT2D eigenvalue weighted by Gasteiger charge is 2.15. The Labute approximate surface area is 128 Å². The zero-order chi connectivity index (χ0) is 13.7. The van der Waals surface area contributed by atoms with Gasteiger partial charge in [-0.05, 0) is 12.3 Å². The molecule has 1 aromatic rings. The van der Waals surface area contributed by atoms with Gasteiger partial charge >= 0.3 is 0 Å². The van der Waals surface area contributed by atoms with E-state index in [0.717, 1.165) is 6.42 Å². The average Bonchev–Trinajstić information content (AvgIpc) is 2.36. The highest BCUT2D eigenvalue weighted by molar-refractivity contribution is 6.52. The predicted molar refractivity (Wildman–Crippen MR) is 80.7 cm³/mol.